The Labute approximate surface area is 193 Å². The van der Waals surface area contributed by atoms with Gasteiger partial charge in [0, 0.05) is 28.2 Å². The third-order valence-corrected chi connectivity index (χ3v) is 6.10. The van der Waals surface area contributed by atoms with Crippen LogP contribution in [0.15, 0.2) is 42.5 Å². The van der Waals surface area contributed by atoms with E-state index in [0.29, 0.717) is 27.9 Å². The molecule has 0 unspecified atom stereocenters. The number of carbonyl (C=O) groups is 2. The maximum atomic E-state index is 13.0. The first kappa shape index (κ1) is 23.6. The summed E-state index contributed by atoms with van der Waals surface area (Å²) in [6.45, 7) is 6.73. The number of hydrogen-bond acceptors (Lipinski definition) is 4. The van der Waals surface area contributed by atoms with Crippen LogP contribution in [-0.4, -0.2) is 31.4 Å². The number of rotatable bonds is 5. The molecule has 0 aliphatic carbocycles. The normalized spacial score (nSPS) is 24.4. The lowest BCUT2D eigenvalue weighted by atomic mass is 9.64. The largest absolute Gasteiger partial charge is 0.398 e. The van der Waals surface area contributed by atoms with Crippen LogP contribution >= 0.6 is 23.2 Å². The second-order valence-corrected chi connectivity index (χ2v) is 10.1. The summed E-state index contributed by atoms with van der Waals surface area (Å²) in [5, 5.41) is 3.96. The molecule has 1 amide bonds. The molecule has 0 spiro atoms. The summed E-state index contributed by atoms with van der Waals surface area (Å²) in [6.07, 6.45) is 0.193. The monoisotopic (exact) mass is 462 g/mol. The molecule has 7 heteroatoms. The molecule has 166 valence electrons. The van der Waals surface area contributed by atoms with E-state index in [0.717, 1.165) is 11.8 Å². The molecule has 1 heterocycles. The SMILES string of the molecule is CC(C)(C)CO[C@@H]1CC(=O)NC[C@H](c2cccc(Cl)c2)[C@]1(C=O)c1ccc(Cl)cc1N. The van der Waals surface area contributed by atoms with Crippen LogP contribution in [-0.2, 0) is 19.7 Å². The molecule has 1 fully saturated rings. The molecule has 0 aromatic heterocycles. The highest BCUT2D eigenvalue weighted by Crippen LogP contribution is 2.47. The average molecular weight is 463 g/mol. The Bertz CT molecular complexity index is 974. The minimum atomic E-state index is -1.22. The van der Waals surface area contributed by atoms with Gasteiger partial charge in [-0.15, -0.1) is 0 Å². The summed E-state index contributed by atoms with van der Waals surface area (Å²) >= 11 is 12.4. The molecule has 3 atom stereocenters. The molecule has 1 aliphatic rings. The number of benzene rings is 2. The number of amides is 1. The number of nitrogens with two attached hydrogens (primary N) is 1. The smallest absolute Gasteiger partial charge is 0.222 e. The number of anilines is 1. The van der Waals surface area contributed by atoms with E-state index < -0.39 is 17.4 Å². The van der Waals surface area contributed by atoms with Gasteiger partial charge in [-0.2, -0.15) is 0 Å². The van der Waals surface area contributed by atoms with Gasteiger partial charge < -0.3 is 20.6 Å². The fourth-order valence-corrected chi connectivity index (χ4v) is 4.57. The molecule has 2 aromatic carbocycles. The third-order valence-electron chi connectivity index (χ3n) is 5.63. The molecule has 3 rings (SSSR count). The maximum absolute atomic E-state index is 13.0. The Hall–Kier alpha value is -2.08. The van der Waals surface area contributed by atoms with Gasteiger partial charge in [0.1, 0.15) is 6.29 Å². The van der Waals surface area contributed by atoms with Gasteiger partial charge in [0.05, 0.1) is 24.5 Å². The fourth-order valence-electron chi connectivity index (χ4n) is 4.19. The standard InChI is InChI=1S/C24H28Cl2N2O3/c1-23(2,3)14-31-21-11-22(30)28-12-19(15-5-4-6-16(25)9-15)24(21,13-29)18-8-7-17(26)10-20(18)27/h4-10,13,19,21H,11-12,14,27H2,1-3H3,(H,28,30)/t19-,21-,24+/m1/s1. The van der Waals surface area contributed by atoms with Crippen LogP contribution in [0, 0.1) is 5.41 Å². The highest BCUT2D eigenvalue weighted by molar-refractivity contribution is 6.31. The van der Waals surface area contributed by atoms with Crippen LogP contribution in [0.2, 0.25) is 10.0 Å². The Kier molecular flexibility index (Phi) is 6.99. The van der Waals surface area contributed by atoms with Crippen LogP contribution in [0.3, 0.4) is 0 Å². The van der Waals surface area contributed by atoms with Gasteiger partial charge in [0.2, 0.25) is 5.91 Å². The number of carbonyl (C=O) groups excluding carboxylic acids is 2. The van der Waals surface area contributed by atoms with Crippen molar-refractivity contribution in [3.05, 3.63) is 63.6 Å². The van der Waals surface area contributed by atoms with Crippen molar-refractivity contribution < 1.29 is 14.3 Å². The molecule has 0 bridgehead atoms. The molecule has 1 aliphatic heterocycles. The average Bonchev–Trinajstić information content (AvgIpc) is 2.82. The second-order valence-electron chi connectivity index (χ2n) is 9.26. The van der Waals surface area contributed by atoms with E-state index in [-0.39, 0.29) is 24.3 Å². The lowest BCUT2D eigenvalue weighted by Crippen LogP contribution is -2.49. The lowest BCUT2D eigenvalue weighted by Gasteiger charge is -2.42. The van der Waals surface area contributed by atoms with Gasteiger partial charge in [0.15, 0.2) is 0 Å². The zero-order valence-corrected chi connectivity index (χ0v) is 19.5. The van der Waals surface area contributed by atoms with Gasteiger partial charge in [-0.1, -0.05) is 62.2 Å². The minimum Gasteiger partial charge on any atom is -0.398 e. The Morgan fingerprint density at radius 3 is 2.52 bits per heavy atom. The predicted molar refractivity (Wildman–Crippen MR) is 125 cm³/mol. The summed E-state index contributed by atoms with van der Waals surface area (Å²) < 4.78 is 6.31. The number of nitrogen functional groups attached to an aromatic ring is 1. The third kappa shape index (κ3) is 5.05. The first-order chi connectivity index (χ1) is 14.6. The van der Waals surface area contributed by atoms with Gasteiger partial charge in [-0.3, -0.25) is 4.79 Å². The molecule has 0 radical (unpaired) electrons. The predicted octanol–water partition coefficient (Wildman–Crippen LogP) is 4.75. The lowest BCUT2D eigenvalue weighted by molar-refractivity contribution is -0.128. The summed E-state index contributed by atoms with van der Waals surface area (Å²) in [4.78, 5) is 25.7. The Balaban J connectivity index is 2.26. The van der Waals surface area contributed by atoms with Crippen molar-refractivity contribution in [3.8, 4) is 0 Å². The zero-order chi connectivity index (χ0) is 22.8. The number of ether oxygens (including phenoxy) is 1. The van der Waals surface area contributed by atoms with Crippen LogP contribution < -0.4 is 11.1 Å². The van der Waals surface area contributed by atoms with E-state index in [9.17, 15) is 9.59 Å². The minimum absolute atomic E-state index is 0.0357. The Morgan fingerprint density at radius 1 is 1.19 bits per heavy atom. The highest BCUT2D eigenvalue weighted by atomic mass is 35.5. The topological polar surface area (TPSA) is 81.4 Å². The van der Waals surface area contributed by atoms with Gasteiger partial charge in [-0.05, 0) is 40.8 Å². The molecule has 0 saturated carbocycles. The molecule has 5 nitrogen and oxygen atoms in total. The Morgan fingerprint density at radius 2 is 1.90 bits per heavy atom. The number of halogens is 2. The quantitative estimate of drug-likeness (QED) is 0.496. The van der Waals surface area contributed by atoms with Crippen molar-refractivity contribution >= 4 is 41.1 Å². The summed E-state index contributed by atoms with van der Waals surface area (Å²) in [5.74, 6) is -0.620. The molecule has 1 saturated heterocycles. The van der Waals surface area contributed by atoms with Gasteiger partial charge >= 0.3 is 0 Å². The number of aldehydes is 1. The van der Waals surface area contributed by atoms with Crippen molar-refractivity contribution in [2.24, 2.45) is 5.41 Å². The van der Waals surface area contributed by atoms with Crippen LogP contribution in [0.1, 0.15) is 44.2 Å². The maximum Gasteiger partial charge on any atom is 0.222 e. The van der Waals surface area contributed by atoms with E-state index in [1.807, 2.05) is 39.0 Å². The number of nitrogens with one attached hydrogen (secondary N) is 1. The summed E-state index contributed by atoms with van der Waals surface area (Å²) in [5.41, 5.74) is 6.80. The van der Waals surface area contributed by atoms with Gasteiger partial charge in [-0.25, -0.2) is 0 Å². The van der Waals surface area contributed by atoms with E-state index in [1.54, 1.807) is 24.3 Å². The fraction of sp³-hybridized carbons (Fsp3) is 0.417. The van der Waals surface area contributed by atoms with E-state index in [4.69, 9.17) is 33.7 Å². The van der Waals surface area contributed by atoms with E-state index >= 15 is 0 Å². The van der Waals surface area contributed by atoms with Gasteiger partial charge in [0.25, 0.3) is 0 Å². The van der Waals surface area contributed by atoms with Crippen molar-refractivity contribution in [3.63, 3.8) is 0 Å². The van der Waals surface area contributed by atoms with Crippen molar-refractivity contribution in [1.82, 2.24) is 5.32 Å². The first-order valence-corrected chi connectivity index (χ1v) is 11.0. The van der Waals surface area contributed by atoms with E-state index in [1.165, 1.54) is 0 Å². The first-order valence-electron chi connectivity index (χ1n) is 10.2. The second kappa shape index (κ2) is 9.19. The van der Waals surface area contributed by atoms with Crippen molar-refractivity contribution in [2.45, 2.75) is 44.6 Å². The van der Waals surface area contributed by atoms with Crippen LogP contribution in [0.25, 0.3) is 0 Å². The summed E-state index contributed by atoms with van der Waals surface area (Å²) in [7, 11) is 0. The molecule has 3 N–H and O–H groups in total. The number of hydrogen-bond donors (Lipinski definition) is 2. The summed E-state index contributed by atoms with van der Waals surface area (Å²) in [6, 6.07) is 12.4. The van der Waals surface area contributed by atoms with Crippen LogP contribution in [0.5, 0.6) is 0 Å². The molecular formula is C24H28Cl2N2O3. The van der Waals surface area contributed by atoms with Crippen molar-refractivity contribution in [2.75, 3.05) is 18.9 Å². The van der Waals surface area contributed by atoms with Crippen molar-refractivity contribution in [1.29, 1.82) is 0 Å². The molecule has 2 aromatic rings. The van der Waals surface area contributed by atoms with E-state index in [2.05, 4.69) is 5.32 Å². The highest BCUT2D eigenvalue weighted by Gasteiger charge is 2.52. The van der Waals surface area contributed by atoms with Crippen LogP contribution in [0.4, 0.5) is 5.69 Å². The molecular weight excluding hydrogens is 435 g/mol. The molecule has 31 heavy (non-hydrogen) atoms. The zero-order valence-electron chi connectivity index (χ0n) is 18.0.